The van der Waals surface area contributed by atoms with Crippen LogP contribution in [0.25, 0.3) is 0 Å². The number of hydrogen-bond donors (Lipinski definition) is 0. The predicted molar refractivity (Wildman–Crippen MR) is 62.0 cm³/mol. The van der Waals surface area contributed by atoms with E-state index in [4.69, 9.17) is 23.2 Å². The first-order valence-corrected chi connectivity index (χ1v) is 5.74. The summed E-state index contributed by atoms with van der Waals surface area (Å²) in [6, 6.07) is 7.77. The van der Waals surface area contributed by atoms with Gasteiger partial charge in [0.25, 0.3) is 0 Å². The van der Waals surface area contributed by atoms with Crippen LogP contribution in [0.4, 0.5) is 0 Å². The Morgan fingerprint density at radius 1 is 1.38 bits per heavy atom. The second-order valence-electron chi connectivity index (χ2n) is 2.60. The summed E-state index contributed by atoms with van der Waals surface area (Å²) in [5.41, 5.74) is 1.02. The van der Waals surface area contributed by atoms with Gasteiger partial charge < -0.3 is 0 Å². The number of thioether (sulfide) groups is 1. The Hall–Kier alpha value is -0.110. The molecule has 0 nitrogen and oxygen atoms in total. The van der Waals surface area contributed by atoms with Crippen molar-refractivity contribution in [2.75, 3.05) is 11.6 Å². The van der Waals surface area contributed by atoms with Gasteiger partial charge in [-0.2, -0.15) is 0 Å². The third kappa shape index (κ3) is 3.63. The van der Waals surface area contributed by atoms with Crippen molar-refractivity contribution in [3.63, 3.8) is 0 Å². The molecule has 1 rings (SSSR count). The van der Waals surface area contributed by atoms with Crippen molar-refractivity contribution in [3.8, 4) is 0 Å². The van der Waals surface area contributed by atoms with E-state index in [-0.39, 0.29) is 0 Å². The monoisotopic (exact) mass is 232 g/mol. The molecule has 0 radical (unpaired) electrons. The first kappa shape index (κ1) is 11.0. The SMILES string of the molecule is C=C(CCl)CSc1ccccc1Cl. The topological polar surface area (TPSA) is 0 Å². The van der Waals surface area contributed by atoms with Gasteiger partial charge in [0.2, 0.25) is 0 Å². The van der Waals surface area contributed by atoms with Crippen molar-refractivity contribution in [1.29, 1.82) is 0 Å². The second-order valence-corrected chi connectivity index (χ2v) is 4.29. The Morgan fingerprint density at radius 2 is 2.08 bits per heavy atom. The lowest BCUT2D eigenvalue weighted by atomic mass is 10.4. The van der Waals surface area contributed by atoms with Crippen LogP contribution in [-0.4, -0.2) is 11.6 Å². The normalized spacial score (nSPS) is 10.0. The van der Waals surface area contributed by atoms with Crippen LogP contribution >= 0.6 is 35.0 Å². The molecule has 0 aliphatic heterocycles. The third-order valence-electron chi connectivity index (χ3n) is 1.46. The molecule has 0 aliphatic rings. The quantitative estimate of drug-likeness (QED) is 0.426. The molecule has 0 N–H and O–H groups in total. The Kier molecular flexibility index (Phi) is 4.71. The molecule has 70 valence electrons. The summed E-state index contributed by atoms with van der Waals surface area (Å²) in [5.74, 6) is 1.34. The van der Waals surface area contributed by atoms with Gasteiger partial charge in [-0.25, -0.2) is 0 Å². The van der Waals surface area contributed by atoms with Crippen LogP contribution in [0.15, 0.2) is 41.3 Å². The largest absolute Gasteiger partial charge is 0.122 e. The Labute approximate surface area is 92.9 Å². The van der Waals surface area contributed by atoms with Gasteiger partial charge in [-0.1, -0.05) is 35.9 Å². The summed E-state index contributed by atoms with van der Waals surface area (Å²) < 4.78 is 0. The van der Waals surface area contributed by atoms with Crippen LogP contribution in [-0.2, 0) is 0 Å². The molecule has 0 bridgehead atoms. The molecule has 0 spiro atoms. The van der Waals surface area contributed by atoms with Gasteiger partial charge in [0.15, 0.2) is 0 Å². The van der Waals surface area contributed by atoms with Crippen LogP contribution in [0.2, 0.25) is 5.02 Å². The summed E-state index contributed by atoms with van der Waals surface area (Å²) in [7, 11) is 0. The van der Waals surface area contributed by atoms with E-state index in [1.165, 1.54) is 0 Å². The standard InChI is InChI=1S/C10H10Cl2S/c1-8(6-11)7-13-10-5-3-2-4-9(10)12/h2-5H,1,6-7H2. The van der Waals surface area contributed by atoms with Crippen molar-refractivity contribution < 1.29 is 0 Å². The lowest BCUT2D eigenvalue weighted by molar-refractivity contribution is 1.41. The molecule has 0 saturated carbocycles. The molecule has 1 aromatic carbocycles. The summed E-state index contributed by atoms with van der Waals surface area (Å²) >= 11 is 13.2. The average Bonchev–Trinajstić information content (AvgIpc) is 2.16. The van der Waals surface area contributed by atoms with Crippen LogP contribution in [0.5, 0.6) is 0 Å². The van der Waals surface area contributed by atoms with E-state index >= 15 is 0 Å². The molecule has 0 aromatic heterocycles. The van der Waals surface area contributed by atoms with E-state index in [9.17, 15) is 0 Å². The second kappa shape index (κ2) is 5.58. The minimum absolute atomic E-state index is 0.511. The van der Waals surface area contributed by atoms with Gasteiger partial charge in [-0.05, 0) is 12.1 Å². The minimum atomic E-state index is 0.511. The molecule has 0 amide bonds. The maximum Gasteiger partial charge on any atom is 0.0541 e. The highest BCUT2D eigenvalue weighted by molar-refractivity contribution is 7.99. The van der Waals surface area contributed by atoms with E-state index in [2.05, 4.69) is 6.58 Å². The zero-order chi connectivity index (χ0) is 9.68. The highest BCUT2D eigenvalue weighted by Gasteiger charge is 1.99. The molecule has 0 atom stereocenters. The molecule has 1 aromatic rings. The molecule has 0 heterocycles. The van der Waals surface area contributed by atoms with E-state index in [0.29, 0.717) is 5.88 Å². The van der Waals surface area contributed by atoms with Crippen LogP contribution in [0, 0.1) is 0 Å². The number of alkyl halides is 1. The first-order chi connectivity index (χ1) is 6.24. The fourth-order valence-corrected chi connectivity index (χ4v) is 2.13. The summed E-state index contributed by atoms with van der Waals surface area (Å²) in [5, 5.41) is 0.787. The highest BCUT2D eigenvalue weighted by Crippen LogP contribution is 2.27. The average molecular weight is 233 g/mol. The van der Waals surface area contributed by atoms with Crippen molar-refractivity contribution in [2.24, 2.45) is 0 Å². The lowest BCUT2D eigenvalue weighted by Gasteiger charge is -2.03. The fraction of sp³-hybridized carbons (Fsp3) is 0.200. The maximum absolute atomic E-state index is 5.97. The zero-order valence-electron chi connectivity index (χ0n) is 7.09. The molecular formula is C10H10Cl2S. The molecular weight excluding hydrogens is 223 g/mol. The molecule has 0 saturated heterocycles. The van der Waals surface area contributed by atoms with Gasteiger partial charge in [-0.15, -0.1) is 23.4 Å². The van der Waals surface area contributed by atoms with Gasteiger partial charge in [0.1, 0.15) is 0 Å². The lowest BCUT2D eigenvalue weighted by Crippen LogP contribution is -1.86. The Balaban J connectivity index is 2.54. The Morgan fingerprint density at radius 3 is 2.69 bits per heavy atom. The number of halogens is 2. The number of benzene rings is 1. The molecule has 13 heavy (non-hydrogen) atoms. The molecule has 0 unspecified atom stereocenters. The van der Waals surface area contributed by atoms with E-state index in [0.717, 1.165) is 21.2 Å². The molecule has 3 heteroatoms. The van der Waals surface area contributed by atoms with Crippen LogP contribution in [0.1, 0.15) is 0 Å². The molecule has 0 aliphatic carbocycles. The van der Waals surface area contributed by atoms with Crippen molar-refractivity contribution in [1.82, 2.24) is 0 Å². The third-order valence-corrected chi connectivity index (χ3v) is 3.50. The van der Waals surface area contributed by atoms with Crippen LogP contribution in [0.3, 0.4) is 0 Å². The zero-order valence-corrected chi connectivity index (χ0v) is 9.42. The highest BCUT2D eigenvalue weighted by atomic mass is 35.5. The van der Waals surface area contributed by atoms with Gasteiger partial charge in [0.05, 0.1) is 5.02 Å². The van der Waals surface area contributed by atoms with Gasteiger partial charge in [0, 0.05) is 16.5 Å². The number of hydrogen-bond acceptors (Lipinski definition) is 1. The first-order valence-electron chi connectivity index (χ1n) is 3.84. The Bertz CT molecular complexity index is 297. The van der Waals surface area contributed by atoms with Crippen molar-refractivity contribution in [3.05, 3.63) is 41.4 Å². The maximum atomic E-state index is 5.97. The van der Waals surface area contributed by atoms with E-state index < -0.39 is 0 Å². The van der Waals surface area contributed by atoms with Gasteiger partial charge >= 0.3 is 0 Å². The fourth-order valence-electron chi connectivity index (χ4n) is 0.780. The van der Waals surface area contributed by atoms with Crippen molar-refractivity contribution >= 4 is 35.0 Å². The summed E-state index contributed by atoms with van der Waals surface area (Å²) in [4.78, 5) is 1.08. The van der Waals surface area contributed by atoms with Crippen LogP contribution < -0.4 is 0 Å². The predicted octanol–water partition coefficient (Wildman–Crippen LogP) is 4.23. The van der Waals surface area contributed by atoms with E-state index in [1.807, 2.05) is 24.3 Å². The van der Waals surface area contributed by atoms with Crippen molar-refractivity contribution in [2.45, 2.75) is 4.90 Å². The minimum Gasteiger partial charge on any atom is -0.122 e. The number of rotatable bonds is 4. The molecule has 0 fully saturated rings. The van der Waals surface area contributed by atoms with Gasteiger partial charge in [-0.3, -0.25) is 0 Å². The summed E-state index contributed by atoms with van der Waals surface area (Å²) in [6.45, 7) is 3.82. The van der Waals surface area contributed by atoms with E-state index in [1.54, 1.807) is 11.8 Å². The summed E-state index contributed by atoms with van der Waals surface area (Å²) in [6.07, 6.45) is 0. The smallest absolute Gasteiger partial charge is 0.0541 e.